The smallest absolute Gasteiger partial charge is 0.263 e. The molecule has 0 saturated carbocycles. The highest BCUT2D eigenvalue weighted by atomic mass is 16.3. The molecule has 0 aliphatic carbocycles. The Bertz CT molecular complexity index is 909. The van der Waals surface area contributed by atoms with E-state index in [2.05, 4.69) is 20.4 Å². The fourth-order valence-electron chi connectivity index (χ4n) is 2.73. The Balaban J connectivity index is 1.91. The Morgan fingerprint density at radius 2 is 2.00 bits per heavy atom. The fraction of sp³-hybridized carbons (Fsp3) is 0.389. The predicted molar refractivity (Wildman–Crippen MR) is 97.8 cm³/mol. The van der Waals surface area contributed by atoms with Crippen molar-refractivity contribution in [2.45, 2.75) is 38.8 Å². The van der Waals surface area contributed by atoms with Gasteiger partial charge in [0, 0.05) is 0 Å². The van der Waals surface area contributed by atoms with Crippen molar-refractivity contribution in [2.24, 2.45) is 0 Å². The highest BCUT2D eigenvalue weighted by molar-refractivity contribution is 5.74. The summed E-state index contributed by atoms with van der Waals surface area (Å²) < 4.78 is 1.73. The summed E-state index contributed by atoms with van der Waals surface area (Å²) in [6.45, 7) is 5.93. The summed E-state index contributed by atoms with van der Waals surface area (Å²) in [5.74, 6) is 0.332. The molecule has 25 heavy (non-hydrogen) atoms. The molecule has 7 heteroatoms. The van der Waals surface area contributed by atoms with E-state index < -0.39 is 0 Å². The number of aliphatic hydroxyl groups excluding tert-OH is 1. The molecule has 0 aliphatic heterocycles. The highest BCUT2D eigenvalue weighted by Gasteiger charge is 2.20. The standard InChI is InChI=1S/C18H23N5O2/c1-18(2,3)23-15-14(10-19-23)16(25)22-17(21-15)20-13(11-24)9-12-7-5-4-6-8-12/h4-8,10,13,24H,9,11H2,1-3H3,(H2,20,21,22,25)/t13-/m0/s1. The Hall–Kier alpha value is -2.67. The average molecular weight is 341 g/mol. The Kier molecular flexibility index (Phi) is 4.59. The molecule has 0 radical (unpaired) electrons. The topological polar surface area (TPSA) is 95.8 Å². The molecule has 0 saturated heterocycles. The van der Waals surface area contributed by atoms with E-state index in [4.69, 9.17) is 0 Å². The third kappa shape index (κ3) is 3.71. The lowest BCUT2D eigenvalue weighted by Crippen LogP contribution is -2.29. The van der Waals surface area contributed by atoms with Gasteiger partial charge >= 0.3 is 0 Å². The van der Waals surface area contributed by atoms with Gasteiger partial charge in [-0.05, 0) is 32.8 Å². The molecule has 0 spiro atoms. The van der Waals surface area contributed by atoms with E-state index in [0.29, 0.717) is 23.4 Å². The van der Waals surface area contributed by atoms with Crippen LogP contribution in [0.2, 0.25) is 0 Å². The van der Waals surface area contributed by atoms with Gasteiger partial charge in [0.05, 0.1) is 24.4 Å². The number of rotatable bonds is 5. The first-order chi connectivity index (χ1) is 11.9. The number of hydrogen-bond acceptors (Lipinski definition) is 5. The van der Waals surface area contributed by atoms with Crippen LogP contribution < -0.4 is 10.9 Å². The van der Waals surface area contributed by atoms with Crippen LogP contribution in [-0.4, -0.2) is 37.5 Å². The zero-order chi connectivity index (χ0) is 18.0. The summed E-state index contributed by atoms with van der Waals surface area (Å²) in [7, 11) is 0. The second-order valence-corrected chi connectivity index (χ2v) is 7.09. The number of aliphatic hydroxyl groups is 1. The molecule has 0 unspecified atom stereocenters. The molecule has 0 fully saturated rings. The van der Waals surface area contributed by atoms with E-state index in [1.807, 2.05) is 51.1 Å². The van der Waals surface area contributed by atoms with Crippen LogP contribution >= 0.6 is 0 Å². The van der Waals surface area contributed by atoms with E-state index in [0.717, 1.165) is 5.56 Å². The van der Waals surface area contributed by atoms with Crippen LogP contribution in [0.3, 0.4) is 0 Å². The number of hydrogen-bond donors (Lipinski definition) is 3. The van der Waals surface area contributed by atoms with Crippen molar-refractivity contribution in [2.75, 3.05) is 11.9 Å². The molecule has 2 heterocycles. The number of anilines is 1. The van der Waals surface area contributed by atoms with Crippen molar-refractivity contribution in [1.82, 2.24) is 19.7 Å². The van der Waals surface area contributed by atoms with Crippen LogP contribution in [0.15, 0.2) is 41.3 Å². The van der Waals surface area contributed by atoms with E-state index in [-0.39, 0.29) is 23.7 Å². The molecule has 3 N–H and O–H groups in total. The molecule has 2 aromatic heterocycles. The summed E-state index contributed by atoms with van der Waals surface area (Å²) in [5, 5.41) is 17.5. The number of nitrogens with one attached hydrogen (secondary N) is 2. The summed E-state index contributed by atoms with van der Waals surface area (Å²) >= 11 is 0. The lowest BCUT2D eigenvalue weighted by Gasteiger charge is -2.20. The van der Waals surface area contributed by atoms with Crippen molar-refractivity contribution in [3.63, 3.8) is 0 Å². The van der Waals surface area contributed by atoms with Gasteiger partial charge in [-0.3, -0.25) is 9.78 Å². The molecule has 0 bridgehead atoms. The maximum atomic E-state index is 12.3. The minimum Gasteiger partial charge on any atom is -0.394 e. The van der Waals surface area contributed by atoms with Crippen LogP contribution in [0, 0.1) is 0 Å². The third-order valence-corrected chi connectivity index (χ3v) is 3.96. The first kappa shape index (κ1) is 17.2. The van der Waals surface area contributed by atoms with E-state index in [1.165, 1.54) is 6.20 Å². The van der Waals surface area contributed by atoms with E-state index in [9.17, 15) is 9.90 Å². The predicted octanol–water partition coefficient (Wildman–Crippen LogP) is 1.89. The van der Waals surface area contributed by atoms with Crippen molar-refractivity contribution >= 4 is 17.0 Å². The van der Waals surface area contributed by atoms with Crippen LogP contribution in [-0.2, 0) is 12.0 Å². The van der Waals surface area contributed by atoms with Gasteiger partial charge in [-0.1, -0.05) is 30.3 Å². The molecule has 3 aromatic rings. The third-order valence-electron chi connectivity index (χ3n) is 3.96. The Morgan fingerprint density at radius 1 is 1.28 bits per heavy atom. The first-order valence-corrected chi connectivity index (χ1v) is 8.28. The Morgan fingerprint density at radius 3 is 2.64 bits per heavy atom. The van der Waals surface area contributed by atoms with Crippen molar-refractivity contribution < 1.29 is 5.11 Å². The summed E-state index contributed by atoms with van der Waals surface area (Å²) in [6, 6.07) is 9.60. The monoisotopic (exact) mass is 341 g/mol. The van der Waals surface area contributed by atoms with Gasteiger partial charge in [-0.25, -0.2) is 4.68 Å². The van der Waals surface area contributed by atoms with Gasteiger partial charge < -0.3 is 10.4 Å². The van der Waals surface area contributed by atoms with Gasteiger partial charge in [-0.2, -0.15) is 10.1 Å². The largest absolute Gasteiger partial charge is 0.394 e. The number of aromatic amines is 1. The second kappa shape index (κ2) is 6.68. The maximum Gasteiger partial charge on any atom is 0.263 e. The highest BCUT2D eigenvalue weighted by Crippen LogP contribution is 2.19. The summed E-state index contributed by atoms with van der Waals surface area (Å²) in [5.41, 5.74) is 1.08. The molecular formula is C18H23N5O2. The van der Waals surface area contributed by atoms with Gasteiger partial charge in [0.25, 0.3) is 5.56 Å². The van der Waals surface area contributed by atoms with Crippen molar-refractivity contribution in [3.8, 4) is 0 Å². The SMILES string of the molecule is CC(C)(C)n1ncc2c(=O)[nH]c(N[C@H](CO)Cc3ccccc3)nc21. The van der Waals surface area contributed by atoms with E-state index in [1.54, 1.807) is 4.68 Å². The molecule has 0 amide bonds. The fourth-order valence-corrected chi connectivity index (χ4v) is 2.73. The molecule has 1 atom stereocenters. The number of aromatic nitrogens is 4. The van der Waals surface area contributed by atoms with Crippen LogP contribution in [0.5, 0.6) is 0 Å². The quantitative estimate of drug-likeness (QED) is 0.659. The minimum absolute atomic E-state index is 0.0742. The maximum absolute atomic E-state index is 12.3. The van der Waals surface area contributed by atoms with Crippen LogP contribution in [0.1, 0.15) is 26.3 Å². The molecule has 0 aliphatic rings. The molecule has 7 nitrogen and oxygen atoms in total. The number of benzene rings is 1. The van der Waals surface area contributed by atoms with Crippen LogP contribution in [0.4, 0.5) is 5.95 Å². The van der Waals surface area contributed by atoms with Crippen molar-refractivity contribution in [1.29, 1.82) is 0 Å². The lowest BCUT2D eigenvalue weighted by atomic mass is 10.1. The van der Waals surface area contributed by atoms with E-state index >= 15 is 0 Å². The molecule has 3 rings (SSSR count). The minimum atomic E-state index is -0.291. The zero-order valence-electron chi connectivity index (χ0n) is 14.7. The second-order valence-electron chi connectivity index (χ2n) is 7.09. The molecular weight excluding hydrogens is 318 g/mol. The normalized spacial score (nSPS) is 13.1. The zero-order valence-corrected chi connectivity index (χ0v) is 14.7. The molecule has 1 aromatic carbocycles. The summed E-state index contributed by atoms with van der Waals surface area (Å²) in [6.07, 6.45) is 2.15. The molecule has 132 valence electrons. The number of H-pyrrole nitrogens is 1. The van der Waals surface area contributed by atoms with Crippen LogP contribution in [0.25, 0.3) is 11.0 Å². The average Bonchev–Trinajstić information content (AvgIpc) is 3.00. The van der Waals surface area contributed by atoms with Gasteiger partial charge in [0.1, 0.15) is 5.39 Å². The van der Waals surface area contributed by atoms with Gasteiger partial charge in [-0.15, -0.1) is 0 Å². The Labute approximate surface area is 145 Å². The van der Waals surface area contributed by atoms with Gasteiger partial charge in [0.2, 0.25) is 5.95 Å². The van der Waals surface area contributed by atoms with Crippen molar-refractivity contribution in [3.05, 3.63) is 52.4 Å². The number of nitrogens with zero attached hydrogens (tertiary/aromatic N) is 3. The summed E-state index contributed by atoms with van der Waals surface area (Å²) in [4.78, 5) is 19.6. The first-order valence-electron chi connectivity index (χ1n) is 8.28. The lowest BCUT2D eigenvalue weighted by molar-refractivity contribution is 0.273. The number of fused-ring (bicyclic) bond motifs is 1. The van der Waals surface area contributed by atoms with Gasteiger partial charge in [0.15, 0.2) is 5.65 Å².